The fourth-order valence-electron chi connectivity index (χ4n) is 0.832. The summed E-state index contributed by atoms with van der Waals surface area (Å²) in [6.45, 7) is 0.455. The molecule has 0 radical (unpaired) electrons. The monoisotopic (exact) mass is 303 g/mol. The van der Waals surface area contributed by atoms with Crippen LogP contribution in [0.4, 0.5) is 5.95 Å². The van der Waals surface area contributed by atoms with Crippen LogP contribution < -0.4 is 5.32 Å². The fourth-order valence-corrected chi connectivity index (χ4v) is 1.11. The normalized spacial score (nSPS) is 10.1. The van der Waals surface area contributed by atoms with Gasteiger partial charge < -0.3 is 9.84 Å². The molecule has 72 valence electrons. The molecule has 6 nitrogen and oxygen atoms in total. The van der Waals surface area contributed by atoms with Crippen molar-refractivity contribution in [3.8, 4) is 0 Å². The van der Waals surface area contributed by atoms with Gasteiger partial charge in [-0.2, -0.15) is 4.98 Å². The Morgan fingerprint density at radius 1 is 1.29 bits per heavy atom. The second-order valence-electron chi connectivity index (χ2n) is 2.43. The summed E-state index contributed by atoms with van der Waals surface area (Å²) in [4.78, 5) is 12.0. The Balaban J connectivity index is 1.95. The third-order valence-electron chi connectivity index (χ3n) is 1.43. The second-order valence-corrected chi connectivity index (χ2v) is 3.67. The van der Waals surface area contributed by atoms with Gasteiger partial charge in [0.15, 0.2) is 5.82 Å². The summed E-state index contributed by atoms with van der Waals surface area (Å²) in [5.41, 5.74) is 0. The number of hydrogen-bond acceptors (Lipinski definition) is 6. The molecule has 0 saturated carbocycles. The Morgan fingerprint density at radius 2 is 2.07 bits per heavy atom. The molecule has 1 N–H and O–H groups in total. The van der Waals surface area contributed by atoms with Crippen molar-refractivity contribution in [3.63, 3.8) is 0 Å². The summed E-state index contributed by atoms with van der Waals surface area (Å²) in [6, 6.07) is 0. The highest BCUT2D eigenvalue weighted by atomic mass is 127. The number of nitrogens with zero attached hydrogens (tertiary/aromatic N) is 4. The van der Waals surface area contributed by atoms with Crippen molar-refractivity contribution in [2.45, 2.75) is 6.54 Å². The van der Waals surface area contributed by atoms with Crippen molar-refractivity contribution in [3.05, 3.63) is 28.2 Å². The average molecular weight is 303 g/mol. The molecule has 0 aliphatic carbocycles. The first kappa shape index (κ1) is 9.31. The molecule has 0 saturated heterocycles. The lowest BCUT2D eigenvalue weighted by Crippen LogP contribution is -2.04. The van der Waals surface area contributed by atoms with Crippen LogP contribution >= 0.6 is 22.6 Å². The standard InChI is InChI=1S/C7H6IN5O/c8-5-1-9-7(10-2-5)11-3-6-12-4-14-13-6/h1-2,4H,3H2,(H,9,10,11). The zero-order valence-electron chi connectivity index (χ0n) is 7.01. The number of nitrogens with one attached hydrogen (secondary N) is 1. The molecule has 0 fully saturated rings. The third-order valence-corrected chi connectivity index (χ3v) is 1.99. The Morgan fingerprint density at radius 3 is 2.71 bits per heavy atom. The van der Waals surface area contributed by atoms with Gasteiger partial charge in [0, 0.05) is 16.0 Å². The molecule has 2 heterocycles. The Kier molecular flexibility index (Phi) is 2.87. The van der Waals surface area contributed by atoms with Crippen LogP contribution in [0.2, 0.25) is 0 Å². The Bertz CT molecular complexity index is 387. The lowest BCUT2D eigenvalue weighted by molar-refractivity contribution is 0.411. The van der Waals surface area contributed by atoms with E-state index in [1.807, 2.05) is 0 Å². The number of hydrogen-bond donors (Lipinski definition) is 1. The molecule has 2 aromatic heterocycles. The van der Waals surface area contributed by atoms with Gasteiger partial charge in [0.05, 0.1) is 6.54 Å². The highest BCUT2D eigenvalue weighted by Crippen LogP contribution is 2.03. The minimum absolute atomic E-state index is 0.455. The number of rotatable bonds is 3. The average Bonchev–Trinajstić information content (AvgIpc) is 2.70. The number of aromatic nitrogens is 4. The van der Waals surface area contributed by atoms with Gasteiger partial charge in [-0.15, -0.1) is 0 Å². The van der Waals surface area contributed by atoms with Gasteiger partial charge in [-0.05, 0) is 22.6 Å². The van der Waals surface area contributed by atoms with Crippen LogP contribution in [0.15, 0.2) is 23.3 Å². The lowest BCUT2D eigenvalue weighted by Gasteiger charge is -1.99. The summed E-state index contributed by atoms with van der Waals surface area (Å²) < 4.78 is 5.57. The zero-order valence-corrected chi connectivity index (χ0v) is 9.17. The van der Waals surface area contributed by atoms with Crippen molar-refractivity contribution >= 4 is 28.5 Å². The predicted octanol–water partition coefficient (Wildman–Crippen LogP) is 1.08. The van der Waals surface area contributed by atoms with E-state index in [2.05, 4.69) is 52.5 Å². The largest absolute Gasteiger partial charge is 0.347 e. The van der Waals surface area contributed by atoms with Crippen LogP contribution in [0, 0.1) is 3.57 Å². The molecule has 0 aromatic carbocycles. The van der Waals surface area contributed by atoms with Crippen LogP contribution in [0.1, 0.15) is 5.82 Å². The number of anilines is 1. The van der Waals surface area contributed by atoms with Crippen molar-refractivity contribution in [2.75, 3.05) is 5.32 Å². The van der Waals surface area contributed by atoms with Crippen molar-refractivity contribution < 1.29 is 4.52 Å². The quantitative estimate of drug-likeness (QED) is 0.855. The van der Waals surface area contributed by atoms with Crippen molar-refractivity contribution in [1.29, 1.82) is 0 Å². The van der Waals surface area contributed by atoms with Gasteiger partial charge >= 0.3 is 0 Å². The molecule has 0 unspecified atom stereocenters. The van der Waals surface area contributed by atoms with E-state index in [9.17, 15) is 0 Å². The molecule has 2 rings (SSSR count). The van der Waals surface area contributed by atoms with E-state index >= 15 is 0 Å². The molecule has 14 heavy (non-hydrogen) atoms. The highest BCUT2D eigenvalue weighted by molar-refractivity contribution is 14.1. The van der Waals surface area contributed by atoms with E-state index in [1.165, 1.54) is 6.39 Å². The lowest BCUT2D eigenvalue weighted by atomic mass is 10.6. The zero-order chi connectivity index (χ0) is 9.80. The highest BCUT2D eigenvalue weighted by Gasteiger charge is 1.99. The van der Waals surface area contributed by atoms with Crippen molar-refractivity contribution in [1.82, 2.24) is 20.1 Å². The summed E-state index contributed by atoms with van der Waals surface area (Å²) >= 11 is 2.14. The molecule has 0 aliphatic heterocycles. The molecule has 0 bridgehead atoms. The smallest absolute Gasteiger partial charge is 0.223 e. The topological polar surface area (TPSA) is 76.7 Å². The molecule has 2 aromatic rings. The summed E-state index contributed by atoms with van der Waals surface area (Å²) in [7, 11) is 0. The van der Waals surface area contributed by atoms with E-state index in [0.717, 1.165) is 3.57 Å². The first-order valence-corrected chi connectivity index (χ1v) is 4.89. The van der Waals surface area contributed by atoms with Gasteiger partial charge in [-0.1, -0.05) is 5.16 Å². The first-order valence-electron chi connectivity index (χ1n) is 3.81. The van der Waals surface area contributed by atoms with E-state index < -0.39 is 0 Å². The van der Waals surface area contributed by atoms with Gasteiger partial charge in [0.2, 0.25) is 12.3 Å². The van der Waals surface area contributed by atoms with Crippen LogP contribution in [0.25, 0.3) is 0 Å². The SMILES string of the molecule is Ic1cnc(NCc2ncon2)nc1. The van der Waals surface area contributed by atoms with Crippen LogP contribution in [0.5, 0.6) is 0 Å². The van der Waals surface area contributed by atoms with E-state index in [-0.39, 0.29) is 0 Å². The summed E-state index contributed by atoms with van der Waals surface area (Å²) in [5.74, 6) is 1.13. The van der Waals surface area contributed by atoms with E-state index in [4.69, 9.17) is 0 Å². The summed E-state index contributed by atoms with van der Waals surface area (Å²) in [6.07, 6.45) is 4.74. The second kappa shape index (κ2) is 4.31. The minimum Gasteiger partial charge on any atom is -0.347 e. The van der Waals surface area contributed by atoms with E-state index in [1.54, 1.807) is 12.4 Å². The molecule has 7 heteroatoms. The fraction of sp³-hybridized carbons (Fsp3) is 0.143. The van der Waals surface area contributed by atoms with Crippen LogP contribution in [0.3, 0.4) is 0 Å². The maximum Gasteiger partial charge on any atom is 0.223 e. The predicted molar refractivity (Wildman–Crippen MR) is 56.4 cm³/mol. The molecular weight excluding hydrogens is 297 g/mol. The van der Waals surface area contributed by atoms with Gasteiger partial charge in [-0.25, -0.2) is 9.97 Å². The van der Waals surface area contributed by atoms with Crippen LogP contribution in [-0.2, 0) is 6.54 Å². The van der Waals surface area contributed by atoms with Gasteiger partial charge in [-0.3, -0.25) is 0 Å². The maximum atomic E-state index is 4.58. The molecule has 0 spiro atoms. The van der Waals surface area contributed by atoms with Gasteiger partial charge in [0.1, 0.15) is 0 Å². The molecule has 0 amide bonds. The van der Waals surface area contributed by atoms with E-state index in [0.29, 0.717) is 18.3 Å². The third kappa shape index (κ3) is 2.37. The first-order chi connectivity index (χ1) is 6.84. The Hall–Kier alpha value is -1.25. The molecular formula is C7H6IN5O. The summed E-state index contributed by atoms with van der Waals surface area (Å²) in [5, 5.41) is 6.61. The minimum atomic E-state index is 0.455. The van der Waals surface area contributed by atoms with Gasteiger partial charge in [0.25, 0.3) is 0 Å². The Labute approximate surface area is 93.3 Å². The molecule has 0 aliphatic rings. The van der Waals surface area contributed by atoms with Crippen molar-refractivity contribution in [2.24, 2.45) is 0 Å². The number of halogens is 1. The maximum absolute atomic E-state index is 4.58. The van der Waals surface area contributed by atoms with Crippen LogP contribution in [-0.4, -0.2) is 20.1 Å². The molecule has 0 atom stereocenters.